The molecule has 0 aliphatic heterocycles. The highest BCUT2D eigenvalue weighted by Crippen LogP contribution is 2.31. The standard InChI is InChI=1S/C15H14F3NO2/c1-20-13-4-2-3-5-14(13)21-12-8-6-11(7-9-12)19-10-15(16,17)18/h2-9,19H,10H2,1H3. The molecular weight excluding hydrogens is 283 g/mol. The number of rotatable bonds is 5. The van der Waals surface area contributed by atoms with Crippen molar-refractivity contribution in [2.45, 2.75) is 6.18 Å². The van der Waals surface area contributed by atoms with E-state index < -0.39 is 12.7 Å². The lowest BCUT2D eigenvalue weighted by molar-refractivity contribution is -0.115. The molecule has 6 heteroatoms. The van der Waals surface area contributed by atoms with Crippen LogP contribution in [0.3, 0.4) is 0 Å². The van der Waals surface area contributed by atoms with Crippen LogP contribution in [0.4, 0.5) is 18.9 Å². The molecule has 21 heavy (non-hydrogen) atoms. The maximum absolute atomic E-state index is 12.1. The topological polar surface area (TPSA) is 30.5 Å². The number of benzene rings is 2. The second-order valence-electron chi connectivity index (χ2n) is 4.25. The molecule has 2 aromatic rings. The SMILES string of the molecule is COc1ccccc1Oc1ccc(NCC(F)(F)F)cc1. The van der Waals surface area contributed by atoms with Gasteiger partial charge in [-0.05, 0) is 36.4 Å². The van der Waals surface area contributed by atoms with Crippen LogP contribution in [0.5, 0.6) is 17.2 Å². The summed E-state index contributed by atoms with van der Waals surface area (Å²) in [5.74, 6) is 1.63. The Morgan fingerprint density at radius 1 is 0.952 bits per heavy atom. The molecule has 0 bridgehead atoms. The average Bonchev–Trinajstić information content (AvgIpc) is 2.46. The van der Waals surface area contributed by atoms with Gasteiger partial charge in [0.25, 0.3) is 0 Å². The third-order valence-corrected chi connectivity index (χ3v) is 2.64. The minimum Gasteiger partial charge on any atom is -0.493 e. The predicted molar refractivity (Wildman–Crippen MR) is 74.1 cm³/mol. The lowest BCUT2D eigenvalue weighted by Crippen LogP contribution is -2.21. The number of para-hydroxylation sites is 2. The highest BCUT2D eigenvalue weighted by atomic mass is 19.4. The summed E-state index contributed by atoms with van der Waals surface area (Å²) in [7, 11) is 1.53. The monoisotopic (exact) mass is 297 g/mol. The third kappa shape index (κ3) is 4.59. The molecule has 0 aliphatic carbocycles. The first kappa shape index (κ1) is 15.0. The summed E-state index contributed by atoms with van der Waals surface area (Å²) in [4.78, 5) is 0. The van der Waals surface area contributed by atoms with Gasteiger partial charge >= 0.3 is 6.18 Å². The van der Waals surface area contributed by atoms with Crippen molar-refractivity contribution in [3.63, 3.8) is 0 Å². The van der Waals surface area contributed by atoms with Crippen molar-refractivity contribution < 1.29 is 22.6 Å². The van der Waals surface area contributed by atoms with E-state index in [4.69, 9.17) is 9.47 Å². The molecule has 0 saturated heterocycles. The Balaban J connectivity index is 2.02. The van der Waals surface area contributed by atoms with Gasteiger partial charge in [0.05, 0.1) is 7.11 Å². The van der Waals surface area contributed by atoms with Crippen LogP contribution in [-0.4, -0.2) is 19.8 Å². The molecule has 3 nitrogen and oxygen atoms in total. The van der Waals surface area contributed by atoms with Crippen LogP contribution < -0.4 is 14.8 Å². The Kier molecular flexibility index (Phi) is 4.57. The van der Waals surface area contributed by atoms with Crippen molar-refractivity contribution in [2.24, 2.45) is 0 Å². The summed E-state index contributed by atoms with van der Waals surface area (Å²) in [5, 5.41) is 2.29. The van der Waals surface area contributed by atoms with Crippen molar-refractivity contribution in [3.05, 3.63) is 48.5 Å². The highest BCUT2D eigenvalue weighted by Gasteiger charge is 2.26. The fourth-order valence-corrected chi connectivity index (χ4v) is 1.67. The van der Waals surface area contributed by atoms with E-state index in [-0.39, 0.29) is 0 Å². The second-order valence-corrected chi connectivity index (χ2v) is 4.25. The van der Waals surface area contributed by atoms with Gasteiger partial charge in [-0.15, -0.1) is 0 Å². The van der Waals surface area contributed by atoms with E-state index in [0.717, 1.165) is 0 Å². The quantitative estimate of drug-likeness (QED) is 0.883. The van der Waals surface area contributed by atoms with Gasteiger partial charge in [0.1, 0.15) is 12.3 Å². The molecule has 2 rings (SSSR count). The van der Waals surface area contributed by atoms with E-state index >= 15 is 0 Å². The Labute approximate surface area is 120 Å². The zero-order valence-electron chi connectivity index (χ0n) is 11.3. The van der Waals surface area contributed by atoms with Crippen molar-refractivity contribution >= 4 is 5.69 Å². The van der Waals surface area contributed by atoms with Gasteiger partial charge in [-0.2, -0.15) is 13.2 Å². The predicted octanol–water partition coefficient (Wildman–Crippen LogP) is 4.46. The van der Waals surface area contributed by atoms with Gasteiger partial charge in [0.2, 0.25) is 0 Å². The minimum atomic E-state index is -4.24. The number of hydrogen-bond donors (Lipinski definition) is 1. The summed E-state index contributed by atoms with van der Waals surface area (Å²) >= 11 is 0. The molecule has 0 aliphatic rings. The van der Waals surface area contributed by atoms with Crippen LogP contribution in [0.15, 0.2) is 48.5 Å². The molecule has 0 amide bonds. The Bertz CT molecular complexity index is 582. The molecule has 0 heterocycles. The van der Waals surface area contributed by atoms with E-state index in [1.807, 2.05) is 6.07 Å². The van der Waals surface area contributed by atoms with Gasteiger partial charge in [-0.25, -0.2) is 0 Å². The summed E-state index contributed by atoms with van der Waals surface area (Å²) in [6.07, 6.45) is -4.24. The molecular formula is C15H14F3NO2. The summed E-state index contributed by atoms with van der Waals surface area (Å²) in [6, 6.07) is 13.3. The molecule has 2 aromatic carbocycles. The molecule has 0 spiro atoms. The van der Waals surface area contributed by atoms with E-state index in [1.54, 1.807) is 30.3 Å². The Hall–Kier alpha value is -2.37. The first-order valence-electron chi connectivity index (χ1n) is 6.19. The van der Waals surface area contributed by atoms with Crippen molar-refractivity contribution in [3.8, 4) is 17.2 Å². The number of anilines is 1. The minimum absolute atomic E-state index is 0.375. The van der Waals surface area contributed by atoms with E-state index in [2.05, 4.69) is 5.32 Å². The number of halogens is 3. The van der Waals surface area contributed by atoms with Crippen LogP contribution >= 0.6 is 0 Å². The Morgan fingerprint density at radius 2 is 1.57 bits per heavy atom. The molecule has 0 fully saturated rings. The van der Waals surface area contributed by atoms with Crippen LogP contribution in [-0.2, 0) is 0 Å². The van der Waals surface area contributed by atoms with Crippen molar-refractivity contribution in [1.29, 1.82) is 0 Å². The summed E-state index contributed by atoms with van der Waals surface area (Å²) in [5.41, 5.74) is 0.375. The number of methoxy groups -OCH3 is 1. The van der Waals surface area contributed by atoms with Crippen LogP contribution in [0, 0.1) is 0 Å². The zero-order chi connectivity index (χ0) is 15.3. The van der Waals surface area contributed by atoms with Crippen molar-refractivity contribution in [2.75, 3.05) is 19.0 Å². The fraction of sp³-hybridized carbons (Fsp3) is 0.200. The normalized spacial score (nSPS) is 11.0. The smallest absolute Gasteiger partial charge is 0.405 e. The first-order chi connectivity index (χ1) is 9.98. The van der Waals surface area contributed by atoms with Gasteiger partial charge in [0.15, 0.2) is 11.5 Å². The van der Waals surface area contributed by atoms with Gasteiger partial charge in [-0.1, -0.05) is 12.1 Å². The van der Waals surface area contributed by atoms with Gasteiger partial charge < -0.3 is 14.8 Å². The van der Waals surface area contributed by atoms with Crippen LogP contribution in [0.2, 0.25) is 0 Å². The number of ether oxygens (including phenoxy) is 2. The molecule has 1 N–H and O–H groups in total. The maximum Gasteiger partial charge on any atom is 0.405 e. The molecule has 0 saturated carbocycles. The number of hydrogen-bond acceptors (Lipinski definition) is 3. The first-order valence-corrected chi connectivity index (χ1v) is 6.19. The Morgan fingerprint density at radius 3 is 2.14 bits per heavy atom. The maximum atomic E-state index is 12.1. The van der Waals surface area contributed by atoms with Gasteiger partial charge in [-0.3, -0.25) is 0 Å². The van der Waals surface area contributed by atoms with Gasteiger partial charge in [0, 0.05) is 5.69 Å². The molecule has 0 atom stereocenters. The molecule has 0 aromatic heterocycles. The number of nitrogens with one attached hydrogen (secondary N) is 1. The third-order valence-electron chi connectivity index (χ3n) is 2.64. The van der Waals surface area contributed by atoms with E-state index in [0.29, 0.717) is 22.9 Å². The van der Waals surface area contributed by atoms with E-state index in [1.165, 1.54) is 19.2 Å². The molecule has 0 radical (unpaired) electrons. The van der Waals surface area contributed by atoms with E-state index in [9.17, 15) is 13.2 Å². The van der Waals surface area contributed by atoms with Crippen LogP contribution in [0.1, 0.15) is 0 Å². The van der Waals surface area contributed by atoms with Crippen molar-refractivity contribution in [1.82, 2.24) is 0 Å². The van der Waals surface area contributed by atoms with Crippen LogP contribution in [0.25, 0.3) is 0 Å². The summed E-state index contributed by atoms with van der Waals surface area (Å²) in [6.45, 7) is -1.07. The average molecular weight is 297 g/mol. The lowest BCUT2D eigenvalue weighted by Gasteiger charge is -2.12. The largest absolute Gasteiger partial charge is 0.493 e. The molecule has 112 valence electrons. The lowest BCUT2D eigenvalue weighted by atomic mass is 10.3. The highest BCUT2D eigenvalue weighted by molar-refractivity contribution is 5.48. The second kappa shape index (κ2) is 6.39. The zero-order valence-corrected chi connectivity index (χ0v) is 11.3. The summed E-state index contributed by atoms with van der Waals surface area (Å²) < 4.78 is 47.1. The fourth-order valence-electron chi connectivity index (χ4n) is 1.67. The number of alkyl halides is 3. The molecule has 0 unspecified atom stereocenters.